The smallest absolute Gasteiger partial charge is 0.0685 e. The molecule has 3 heteroatoms. The lowest BCUT2D eigenvalue weighted by atomic mass is 10.2. The van der Waals surface area contributed by atoms with Gasteiger partial charge in [-0.15, -0.1) is 0 Å². The Bertz CT molecular complexity index is 56.4. The standard InChI is InChI=1S/C5H13NO2/c1-4(7)5(6)3-8-2/h4-5,7H,3,6H2,1-2H3/t4-,5-/m0/s1. The molecular formula is C5H13NO2. The summed E-state index contributed by atoms with van der Waals surface area (Å²) in [6, 6.07) is -0.250. The van der Waals surface area contributed by atoms with Crippen LogP contribution in [-0.2, 0) is 4.74 Å². The molecule has 3 nitrogen and oxygen atoms in total. The van der Waals surface area contributed by atoms with Crippen LogP contribution < -0.4 is 5.73 Å². The van der Waals surface area contributed by atoms with Gasteiger partial charge in [0.05, 0.1) is 18.8 Å². The predicted octanol–water partition coefficient (Wildman–Crippen LogP) is -0.659. The lowest BCUT2D eigenvalue weighted by Crippen LogP contribution is -2.36. The molecule has 0 rings (SSSR count). The molecule has 0 radical (unpaired) electrons. The van der Waals surface area contributed by atoms with Crippen molar-refractivity contribution in [1.29, 1.82) is 0 Å². The van der Waals surface area contributed by atoms with Crippen molar-refractivity contribution in [2.75, 3.05) is 13.7 Å². The zero-order valence-corrected chi connectivity index (χ0v) is 5.29. The molecule has 0 aliphatic rings. The predicted molar refractivity (Wildman–Crippen MR) is 31.5 cm³/mol. The summed E-state index contributed by atoms with van der Waals surface area (Å²) in [5, 5.41) is 8.75. The molecular weight excluding hydrogens is 106 g/mol. The molecule has 0 aromatic heterocycles. The van der Waals surface area contributed by atoms with Crippen molar-refractivity contribution in [3.63, 3.8) is 0 Å². The largest absolute Gasteiger partial charge is 0.392 e. The molecule has 0 aromatic rings. The van der Waals surface area contributed by atoms with E-state index in [-0.39, 0.29) is 6.04 Å². The van der Waals surface area contributed by atoms with Crippen LogP contribution in [0.2, 0.25) is 0 Å². The molecule has 2 atom stereocenters. The molecule has 0 saturated heterocycles. The van der Waals surface area contributed by atoms with Crippen molar-refractivity contribution < 1.29 is 9.84 Å². The van der Waals surface area contributed by atoms with Gasteiger partial charge in [-0.3, -0.25) is 0 Å². The van der Waals surface area contributed by atoms with E-state index < -0.39 is 6.10 Å². The van der Waals surface area contributed by atoms with Gasteiger partial charge in [0, 0.05) is 7.11 Å². The second-order valence-corrected chi connectivity index (χ2v) is 1.86. The van der Waals surface area contributed by atoms with Crippen LogP contribution >= 0.6 is 0 Å². The van der Waals surface area contributed by atoms with E-state index in [0.29, 0.717) is 6.61 Å². The number of ether oxygens (including phenoxy) is 1. The maximum absolute atomic E-state index is 8.75. The summed E-state index contributed by atoms with van der Waals surface area (Å²) in [5.74, 6) is 0. The van der Waals surface area contributed by atoms with Crippen LogP contribution in [0.1, 0.15) is 6.92 Å². The van der Waals surface area contributed by atoms with E-state index in [1.54, 1.807) is 14.0 Å². The Morgan fingerprint density at radius 2 is 2.25 bits per heavy atom. The van der Waals surface area contributed by atoms with Crippen LogP contribution in [-0.4, -0.2) is 31.0 Å². The highest BCUT2D eigenvalue weighted by Crippen LogP contribution is 1.86. The molecule has 0 saturated carbocycles. The third-order valence-corrected chi connectivity index (χ3v) is 0.979. The molecule has 0 spiro atoms. The summed E-state index contributed by atoms with van der Waals surface area (Å²) in [6.07, 6.45) is -0.477. The molecule has 0 aliphatic heterocycles. The molecule has 0 fully saturated rings. The molecule has 8 heavy (non-hydrogen) atoms. The molecule has 0 unspecified atom stereocenters. The maximum Gasteiger partial charge on any atom is 0.0685 e. The van der Waals surface area contributed by atoms with Gasteiger partial charge in [-0.2, -0.15) is 0 Å². The Labute approximate surface area is 49.4 Å². The second-order valence-electron chi connectivity index (χ2n) is 1.86. The van der Waals surface area contributed by atoms with E-state index in [1.165, 1.54) is 0 Å². The number of aliphatic hydroxyl groups is 1. The Hall–Kier alpha value is -0.120. The molecule has 0 aromatic carbocycles. The van der Waals surface area contributed by atoms with Gasteiger partial charge in [-0.1, -0.05) is 0 Å². The second kappa shape index (κ2) is 3.83. The Balaban J connectivity index is 3.17. The number of methoxy groups -OCH3 is 1. The van der Waals surface area contributed by atoms with Gasteiger partial charge in [0.2, 0.25) is 0 Å². The SMILES string of the molecule is COC[C@H](N)[C@H](C)O. The number of rotatable bonds is 3. The van der Waals surface area contributed by atoms with E-state index in [2.05, 4.69) is 4.74 Å². The highest BCUT2D eigenvalue weighted by atomic mass is 16.5. The lowest BCUT2D eigenvalue weighted by Gasteiger charge is -2.11. The summed E-state index contributed by atoms with van der Waals surface area (Å²) in [5.41, 5.74) is 5.35. The van der Waals surface area contributed by atoms with Crippen LogP contribution in [0.15, 0.2) is 0 Å². The van der Waals surface area contributed by atoms with E-state index >= 15 is 0 Å². The van der Waals surface area contributed by atoms with Gasteiger partial charge < -0.3 is 15.6 Å². The van der Waals surface area contributed by atoms with Gasteiger partial charge in [0.1, 0.15) is 0 Å². The van der Waals surface area contributed by atoms with Crippen LogP contribution in [0, 0.1) is 0 Å². The van der Waals surface area contributed by atoms with Gasteiger partial charge in [-0.25, -0.2) is 0 Å². The highest BCUT2D eigenvalue weighted by molar-refractivity contribution is 4.64. The van der Waals surface area contributed by atoms with Crippen molar-refractivity contribution >= 4 is 0 Å². The first kappa shape index (κ1) is 7.88. The molecule has 0 bridgehead atoms. The molecule has 3 N–H and O–H groups in total. The molecule has 0 heterocycles. The Morgan fingerprint density at radius 1 is 1.75 bits per heavy atom. The molecule has 50 valence electrons. The zero-order chi connectivity index (χ0) is 6.57. The molecule has 0 amide bonds. The van der Waals surface area contributed by atoms with E-state index in [1.807, 2.05) is 0 Å². The fourth-order valence-electron chi connectivity index (χ4n) is 0.332. The quantitative estimate of drug-likeness (QED) is 0.518. The third-order valence-electron chi connectivity index (χ3n) is 0.979. The van der Waals surface area contributed by atoms with Crippen molar-refractivity contribution in [3.05, 3.63) is 0 Å². The number of hydrogen-bond acceptors (Lipinski definition) is 3. The van der Waals surface area contributed by atoms with Crippen molar-refractivity contribution in [1.82, 2.24) is 0 Å². The minimum atomic E-state index is -0.477. The number of aliphatic hydroxyl groups excluding tert-OH is 1. The van der Waals surface area contributed by atoms with Crippen LogP contribution in [0.3, 0.4) is 0 Å². The van der Waals surface area contributed by atoms with Gasteiger partial charge >= 0.3 is 0 Å². The first-order valence-corrected chi connectivity index (χ1v) is 2.61. The first-order chi connectivity index (χ1) is 3.68. The third kappa shape index (κ3) is 2.96. The normalized spacial score (nSPS) is 18.0. The average molecular weight is 119 g/mol. The van der Waals surface area contributed by atoms with Crippen LogP contribution in [0.5, 0.6) is 0 Å². The Kier molecular flexibility index (Phi) is 3.77. The summed E-state index contributed by atoms with van der Waals surface area (Å²) in [7, 11) is 1.56. The van der Waals surface area contributed by atoms with E-state index in [9.17, 15) is 0 Å². The lowest BCUT2D eigenvalue weighted by molar-refractivity contribution is 0.0984. The highest BCUT2D eigenvalue weighted by Gasteiger charge is 2.06. The van der Waals surface area contributed by atoms with Crippen molar-refractivity contribution in [3.8, 4) is 0 Å². The summed E-state index contributed by atoms with van der Waals surface area (Å²) in [4.78, 5) is 0. The van der Waals surface area contributed by atoms with Gasteiger partial charge in [-0.05, 0) is 6.92 Å². The summed E-state index contributed by atoms with van der Waals surface area (Å²) >= 11 is 0. The average Bonchev–Trinajstić information content (AvgIpc) is 1.67. The number of hydrogen-bond donors (Lipinski definition) is 2. The van der Waals surface area contributed by atoms with Gasteiger partial charge in [0.15, 0.2) is 0 Å². The van der Waals surface area contributed by atoms with Crippen LogP contribution in [0.25, 0.3) is 0 Å². The fraction of sp³-hybridized carbons (Fsp3) is 1.00. The van der Waals surface area contributed by atoms with Crippen LogP contribution in [0.4, 0.5) is 0 Å². The zero-order valence-electron chi connectivity index (χ0n) is 5.29. The first-order valence-electron chi connectivity index (χ1n) is 2.61. The topological polar surface area (TPSA) is 55.5 Å². The fourth-order valence-corrected chi connectivity index (χ4v) is 0.332. The van der Waals surface area contributed by atoms with Gasteiger partial charge in [0.25, 0.3) is 0 Å². The minimum Gasteiger partial charge on any atom is -0.392 e. The Morgan fingerprint density at radius 3 is 2.38 bits per heavy atom. The van der Waals surface area contributed by atoms with Crippen molar-refractivity contribution in [2.24, 2.45) is 5.73 Å². The van der Waals surface area contributed by atoms with E-state index in [0.717, 1.165) is 0 Å². The summed E-state index contributed by atoms with van der Waals surface area (Å²) < 4.78 is 4.68. The van der Waals surface area contributed by atoms with E-state index in [4.69, 9.17) is 10.8 Å². The minimum absolute atomic E-state index is 0.250. The maximum atomic E-state index is 8.75. The molecule has 0 aliphatic carbocycles. The monoisotopic (exact) mass is 119 g/mol. The summed E-state index contributed by atoms with van der Waals surface area (Å²) in [6.45, 7) is 2.06. The number of nitrogens with two attached hydrogens (primary N) is 1. The van der Waals surface area contributed by atoms with Crippen molar-refractivity contribution in [2.45, 2.75) is 19.1 Å².